The van der Waals surface area contributed by atoms with Crippen molar-refractivity contribution in [3.05, 3.63) is 57.3 Å². The molecule has 2 aromatic carbocycles. The van der Waals surface area contributed by atoms with Crippen molar-refractivity contribution < 1.29 is 9.18 Å². The van der Waals surface area contributed by atoms with Gasteiger partial charge in [-0.3, -0.25) is 10.1 Å². The fourth-order valence-electron chi connectivity index (χ4n) is 1.83. The number of hydrogen-bond acceptors (Lipinski definition) is 3. The minimum atomic E-state index is -0.663. The monoisotopic (exact) mass is 384 g/mol. The van der Waals surface area contributed by atoms with Crippen molar-refractivity contribution in [1.82, 2.24) is 4.98 Å². The SMILES string of the molecule is O=C(Nc1nc2ccc(Br)cc2s1)c1c(F)cccc1Cl. The number of rotatable bonds is 2. The largest absolute Gasteiger partial charge is 0.298 e. The molecule has 0 radical (unpaired) electrons. The molecular formula is C14H7BrClFN2OS. The lowest BCUT2D eigenvalue weighted by atomic mass is 10.2. The molecule has 0 unspecified atom stereocenters. The first kappa shape index (κ1) is 14.4. The first-order valence-electron chi connectivity index (χ1n) is 5.86. The summed E-state index contributed by atoms with van der Waals surface area (Å²) >= 11 is 10.5. The predicted octanol–water partition coefficient (Wildman–Crippen LogP) is 5.10. The van der Waals surface area contributed by atoms with Crippen LogP contribution in [0.5, 0.6) is 0 Å². The maximum absolute atomic E-state index is 13.7. The van der Waals surface area contributed by atoms with E-state index < -0.39 is 11.7 Å². The van der Waals surface area contributed by atoms with Gasteiger partial charge in [0.15, 0.2) is 5.13 Å². The van der Waals surface area contributed by atoms with Gasteiger partial charge in [0.2, 0.25) is 0 Å². The van der Waals surface area contributed by atoms with Crippen LogP contribution >= 0.6 is 38.9 Å². The molecule has 0 saturated carbocycles. The number of anilines is 1. The Morgan fingerprint density at radius 2 is 2.14 bits per heavy atom. The van der Waals surface area contributed by atoms with Gasteiger partial charge in [0.25, 0.3) is 5.91 Å². The lowest BCUT2D eigenvalue weighted by molar-refractivity contribution is 0.102. The molecule has 0 bridgehead atoms. The van der Waals surface area contributed by atoms with Gasteiger partial charge in [0, 0.05) is 4.47 Å². The highest BCUT2D eigenvalue weighted by Gasteiger charge is 2.17. The second kappa shape index (κ2) is 5.71. The molecule has 21 heavy (non-hydrogen) atoms. The number of benzene rings is 2. The number of halogens is 3. The zero-order chi connectivity index (χ0) is 15.0. The second-order valence-corrected chi connectivity index (χ2v) is 6.54. The molecule has 1 N–H and O–H groups in total. The molecule has 0 aliphatic rings. The van der Waals surface area contributed by atoms with Crippen LogP contribution in [0.1, 0.15) is 10.4 Å². The summed E-state index contributed by atoms with van der Waals surface area (Å²) in [5.74, 6) is -1.28. The van der Waals surface area contributed by atoms with Gasteiger partial charge in [-0.05, 0) is 30.3 Å². The predicted molar refractivity (Wildman–Crippen MR) is 86.7 cm³/mol. The number of nitrogens with zero attached hydrogens (tertiary/aromatic N) is 1. The Kier molecular flexibility index (Phi) is 3.93. The van der Waals surface area contributed by atoms with Gasteiger partial charge in [-0.1, -0.05) is 44.9 Å². The van der Waals surface area contributed by atoms with Gasteiger partial charge in [-0.15, -0.1) is 0 Å². The highest BCUT2D eigenvalue weighted by atomic mass is 79.9. The molecule has 0 fully saturated rings. The highest BCUT2D eigenvalue weighted by molar-refractivity contribution is 9.10. The summed E-state index contributed by atoms with van der Waals surface area (Å²) in [4.78, 5) is 16.4. The third-order valence-electron chi connectivity index (χ3n) is 2.76. The summed E-state index contributed by atoms with van der Waals surface area (Å²) in [5, 5.41) is 3.04. The van der Waals surface area contributed by atoms with E-state index in [-0.39, 0.29) is 10.6 Å². The number of hydrogen-bond donors (Lipinski definition) is 1. The number of nitrogens with one attached hydrogen (secondary N) is 1. The van der Waals surface area contributed by atoms with E-state index in [9.17, 15) is 9.18 Å². The lowest BCUT2D eigenvalue weighted by Gasteiger charge is -2.04. The third kappa shape index (κ3) is 2.92. The van der Waals surface area contributed by atoms with Crippen LogP contribution < -0.4 is 5.32 Å². The normalized spacial score (nSPS) is 10.8. The van der Waals surface area contributed by atoms with Crippen molar-refractivity contribution in [2.24, 2.45) is 0 Å². The Morgan fingerprint density at radius 1 is 1.33 bits per heavy atom. The maximum Gasteiger partial charge on any atom is 0.261 e. The second-order valence-electron chi connectivity index (χ2n) is 4.18. The smallest absolute Gasteiger partial charge is 0.261 e. The van der Waals surface area contributed by atoms with Gasteiger partial charge in [0.1, 0.15) is 5.82 Å². The third-order valence-corrected chi connectivity index (χ3v) is 4.50. The zero-order valence-corrected chi connectivity index (χ0v) is 13.5. The van der Waals surface area contributed by atoms with E-state index in [0.29, 0.717) is 5.13 Å². The van der Waals surface area contributed by atoms with Crippen molar-refractivity contribution in [2.45, 2.75) is 0 Å². The maximum atomic E-state index is 13.7. The van der Waals surface area contributed by atoms with E-state index in [2.05, 4.69) is 26.2 Å². The standard InChI is InChI=1S/C14H7BrClFN2OS/c15-7-4-5-10-11(6-7)21-14(18-10)19-13(20)12-8(16)2-1-3-9(12)17/h1-6H,(H,18,19,20). The number of amides is 1. The first-order chi connectivity index (χ1) is 10.0. The van der Waals surface area contributed by atoms with Crippen LogP contribution in [0.4, 0.5) is 9.52 Å². The van der Waals surface area contributed by atoms with Crippen molar-refractivity contribution >= 4 is 60.1 Å². The molecule has 0 aliphatic carbocycles. The van der Waals surface area contributed by atoms with Gasteiger partial charge >= 0.3 is 0 Å². The Morgan fingerprint density at radius 3 is 2.90 bits per heavy atom. The fraction of sp³-hybridized carbons (Fsp3) is 0. The van der Waals surface area contributed by atoms with Gasteiger partial charge in [-0.2, -0.15) is 0 Å². The Balaban J connectivity index is 1.93. The Labute approximate surface area is 136 Å². The minimum Gasteiger partial charge on any atom is -0.298 e. The summed E-state index contributed by atoms with van der Waals surface area (Å²) in [7, 11) is 0. The molecule has 0 saturated heterocycles. The van der Waals surface area contributed by atoms with Crippen LogP contribution in [0.2, 0.25) is 5.02 Å². The van der Waals surface area contributed by atoms with E-state index in [1.54, 1.807) is 0 Å². The first-order valence-corrected chi connectivity index (χ1v) is 7.85. The van der Waals surface area contributed by atoms with Crippen LogP contribution in [0.15, 0.2) is 40.9 Å². The zero-order valence-electron chi connectivity index (χ0n) is 10.4. The van der Waals surface area contributed by atoms with Gasteiger partial charge < -0.3 is 0 Å². The number of carbonyl (C=O) groups is 1. The molecule has 106 valence electrons. The van der Waals surface area contributed by atoms with Crippen LogP contribution in [0.3, 0.4) is 0 Å². The van der Waals surface area contributed by atoms with Crippen molar-refractivity contribution in [1.29, 1.82) is 0 Å². The van der Waals surface area contributed by atoms with Crippen molar-refractivity contribution in [3.63, 3.8) is 0 Å². The fourth-order valence-corrected chi connectivity index (χ4v) is 3.49. The average Bonchev–Trinajstić information content (AvgIpc) is 2.79. The van der Waals surface area contributed by atoms with E-state index in [0.717, 1.165) is 14.7 Å². The van der Waals surface area contributed by atoms with Crippen molar-refractivity contribution in [3.8, 4) is 0 Å². The van der Waals surface area contributed by atoms with Gasteiger partial charge in [-0.25, -0.2) is 9.37 Å². The number of fused-ring (bicyclic) bond motifs is 1. The molecule has 3 aromatic rings. The summed E-state index contributed by atoms with van der Waals surface area (Å²) in [5.41, 5.74) is 0.581. The molecule has 7 heteroatoms. The lowest BCUT2D eigenvalue weighted by Crippen LogP contribution is -2.14. The molecule has 3 nitrogen and oxygen atoms in total. The molecule has 0 spiro atoms. The van der Waals surface area contributed by atoms with Crippen LogP contribution in [0, 0.1) is 5.82 Å². The topological polar surface area (TPSA) is 42.0 Å². The average molecular weight is 386 g/mol. The van der Waals surface area contributed by atoms with E-state index in [1.807, 2.05) is 18.2 Å². The number of carbonyl (C=O) groups excluding carboxylic acids is 1. The quantitative estimate of drug-likeness (QED) is 0.666. The van der Waals surface area contributed by atoms with Crippen LogP contribution in [-0.4, -0.2) is 10.9 Å². The Hall–Kier alpha value is -1.50. The molecule has 0 atom stereocenters. The number of aromatic nitrogens is 1. The van der Waals surface area contributed by atoms with E-state index >= 15 is 0 Å². The Bertz CT molecular complexity index is 832. The molecule has 3 rings (SSSR count). The van der Waals surface area contributed by atoms with E-state index in [4.69, 9.17) is 11.6 Å². The highest BCUT2D eigenvalue weighted by Crippen LogP contribution is 2.29. The molecule has 1 amide bonds. The summed E-state index contributed by atoms with van der Waals surface area (Å²) in [6.07, 6.45) is 0. The summed E-state index contributed by atoms with van der Waals surface area (Å²) in [6, 6.07) is 9.71. The minimum absolute atomic E-state index is 0.0661. The molecule has 1 heterocycles. The van der Waals surface area contributed by atoms with Gasteiger partial charge in [0.05, 0.1) is 20.8 Å². The molecule has 1 aromatic heterocycles. The van der Waals surface area contributed by atoms with Crippen molar-refractivity contribution in [2.75, 3.05) is 5.32 Å². The summed E-state index contributed by atoms with van der Waals surface area (Å²) in [6.45, 7) is 0. The number of thiazole rings is 1. The van der Waals surface area contributed by atoms with Crippen LogP contribution in [-0.2, 0) is 0 Å². The molecular weight excluding hydrogens is 379 g/mol. The van der Waals surface area contributed by atoms with Crippen LogP contribution in [0.25, 0.3) is 10.2 Å². The molecule has 0 aliphatic heterocycles. The van der Waals surface area contributed by atoms with E-state index in [1.165, 1.54) is 29.5 Å². The summed E-state index contributed by atoms with van der Waals surface area (Å²) < 4.78 is 15.5.